The van der Waals surface area contributed by atoms with Crippen LogP contribution < -0.4 is 10.6 Å². The molecule has 2 unspecified atom stereocenters. The van der Waals surface area contributed by atoms with Gasteiger partial charge in [-0.2, -0.15) is 0 Å². The van der Waals surface area contributed by atoms with E-state index in [9.17, 15) is 14.7 Å². The Bertz CT molecular complexity index is 4100. The molecule has 2 heterocycles. The molecule has 9 aromatic carbocycles. The fourth-order valence-electron chi connectivity index (χ4n) is 13.0. The van der Waals surface area contributed by atoms with E-state index >= 15 is 9.59 Å². The molecule has 106 heavy (non-hydrogen) atoms. The van der Waals surface area contributed by atoms with Gasteiger partial charge in [0.1, 0.15) is 47.1 Å². The van der Waals surface area contributed by atoms with Gasteiger partial charge >= 0.3 is 11.9 Å². The lowest BCUT2D eigenvalue weighted by Gasteiger charge is -2.55. The van der Waals surface area contributed by atoms with Crippen molar-refractivity contribution in [2.75, 3.05) is 27.4 Å². The maximum Gasteiger partial charge on any atom is 0.367 e. The summed E-state index contributed by atoms with van der Waals surface area (Å²) >= 11 is 2.25. The zero-order valence-corrected chi connectivity index (χ0v) is 61.2. The minimum atomic E-state index is -2.93. The van der Waals surface area contributed by atoms with Crippen LogP contribution in [0.3, 0.4) is 0 Å². The van der Waals surface area contributed by atoms with Gasteiger partial charge in [0.25, 0.3) is 11.6 Å². The second-order valence-electron chi connectivity index (χ2n) is 25.7. The Balaban J connectivity index is 1.16. The van der Waals surface area contributed by atoms with Gasteiger partial charge in [-0.15, -0.1) is 23.5 Å². The second-order valence-corrected chi connectivity index (χ2v) is 28.1. The number of esters is 2. The van der Waals surface area contributed by atoms with E-state index in [1.165, 1.54) is 21.0 Å². The quantitative estimate of drug-likeness (QED) is 0.0308. The Hall–Kier alpha value is -8.88. The molecule has 2 aliphatic rings. The topological polar surface area (TPSA) is 223 Å². The van der Waals surface area contributed by atoms with E-state index in [-0.39, 0.29) is 52.9 Å². The molecule has 0 radical (unpaired) electrons. The standard InChI is InChI=1S/C85H90N2O17S2/c1-59(88)86-72-76(103-84(92,82(90)93-3)80(105-68-46-28-12-29-47-68)78(72)100-55-66-42-24-10-25-43-66)75(99-54-65-40-22-9-23-41-65)71(58-96-51-62-34-16-6-17-35-62)102-85(83(91)94-4)81(106-69-48-30-13-31-49-69)79(101-56-67-44-26-11-27-45-67)73(87-60(2)89)77(104-85)74(98-53-64-38-20-8-21-39-64)70(97-52-63-36-18-7-19-37-63)57-95-50-61-32-14-5-15-33-61/h5-49,70-81,92H,50-58H2,1-4H3,(H,86,88)(H,87,89)/t70-,71-,72+,73+,74-,75-,76-,77-,78-,79-,80?,81?,84-,85-/m1/s1. The number of methoxy groups -OCH3 is 2. The summed E-state index contributed by atoms with van der Waals surface area (Å²) in [5.41, 5.74) is 5.31. The highest BCUT2D eigenvalue weighted by molar-refractivity contribution is 8.00. The molecule has 11 rings (SSSR count). The van der Waals surface area contributed by atoms with Gasteiger partial charge in [-0.3, -0.25) is 9.59 Å². The van der Waals surface area contributed by atoms with Gasteiger partial charge in [-0.25, -0.2) is 9.59 Å². The molecule has 19 nitrogen and oxygen atoms in total. The third kappa shape index (κ3) is 21.3. The minimum Gasteiger partial charge on any atom is -0.465 e. The Labute approximate surface area is 627 Å². The van der Waals surface area contributed by atoms with Gasteiger partial charge in [-0.1, -0.05) is 249 Å². The highest BCUT2D eigenvalue weighted by Gasteiger charge is 2.68. The fourth-order valence-corrected chi connectivity index (χ4v) is 15.7. The van der Waals surface area contributed by atoms with Crippen molar-refractivity contribution in [2.45, 2.75) is 153 Å². The van der Waals surface area contributed by atoms with E-state index in [2.05, 4.69) is 10.6 Å². The van der Waals surface area contributed by atoms with Crippen molar-refractivity contribution < 1.29 is 81.1 Å². The van der Waals surface area contributed by atoms with Crippen molar-refractivity contribution in [3.8, 4) is 0 Å². The summed E-state index contributed by atoms with van der Waals surface area (Å²) in [6.07, 6.45) is -11.7. The number of amides is 2. The fraction of sp³-hybridized carbons (Fsp3) is 0.318. The van der Waals surface area contributed by atoms with Crippen molar-refractivity contribution in [1.29, 1.82) is 0 Å². The highest BCUT2D eigenvalue weighted by Crippen LogP contribution is 2.49. The molecule has 2 aliphatic heterocycles. The molecule has 9 aromatic rings. The molecular formula is C85H90N2O17S2. The lowest BCUT2D eigenvalue weighted by molar-refractivity contribution is -0.350. The molecule has 554 valence electrons. The first-order valence-electron chi connectivity index (χ1n) is 35.2. The first kappa shape index (κ1) is 78.2. The zero-order chi connectivity index (χ0) is 73.9. The summed E-state index contributed by atoms with van der Waals surface area (Å²) in [6, 6.07) is 81.8. The van der Waals surface area contributed by atoms with Crippen LogP contribution in [0.5, 0.6) is 0 Å². The van der Waals surface area contributed by atoms with Crippen molar-refractivity contribution in [3.05, 3.63) is 312 Å². The molecule has 2 fully saturated rings. The summed E-state index contributed by atoms with van der Waals surface area (Å²) in [5.74, 6) is -9.04. The van der Waals surface area contributed by atoms with Gasteiger partial charge in [0.15, 0.2) is 0 Å². The monoisotopic (exact) mass is 1470 g/mol. The molecular weight excluding hydrogens is 1390 g/mol. The van der Waals surface area contributed by atoms with E-state index in [1.807, 2.05) is 273 Å². The van der Waals surface area contributed by atoms with Crippen molar-refractivity contribution in [2.24, 2.45) is 0 Å². The second kappa shape index (κ2) is 39.6. The number of aliphatic hydroxyl groups is 1. The van der Waals surface area contributed by atoms with Crippen molar-refractivity contribution in [1.82, 2.24) is 10.6 Å². The molecule has 0 saturated carbocycles. The molecule has 3 N–H and O–H groups in total. The van der Waals surface area contributed by atoms with Crippen LogP contribution in [0, 0.1) is 0 Å². The van der Waals surface area contributed by atoms with Crippen LogP contribution in [-0.2, 0) is 122 Å². The molecule has 21 heteroatoms. The Morgan fingerprint density at radius 3 is 1.08 bits per heavy atom. The Morgan fingerprint density at radius 2 is 0.708 bits per heavy atom. The third-order valence-electron chi connectivity index (χ3n) is 18.0. The van der Waals surface area contributed by atoms with Crippen LogP contribution in [0.2, 0.25) is 0 Å². The molecule has 14 atom stereocenters. The van der Waals surface area contributed by atoms with Gasteiger partial charge < -0.3 is 72.6 Å². The summed E-state index contributed by atoms with van der Waals surface area (Å²) in [5, 5.41) is 17.3. The van der Waals surface area contributed by atoms with Crippen LogP contribution in [0.25, 0.3) is 0 Å². The maximum atomic E-state index is 16.7. The maximum absolute atomic E-state index is 16.7. The summed E-state index contributed by atoms with van der Waals surface area (Å²) < 4.78 is 84.5. The van der Waals surface area contributed by atoms with Gasteiger partial charge in [-0.05, 0) is 63.2 Å². The van der Waals surface area contributed by atoms with E-state index in [4.69, 9.17) is 56.8 Å². The molecule has 0 bridgehead atoms. The first-order chi connectivity index (χ1) is 51.8. The van der Waals surface area contributed by atoms with Crippen LogP contribution in [-0.4, -0.2) is 139 Å². The van der Waals surface area contributed by atoms with Gasteiger partial charge in [0, 0.05) is 23.6 Å². The predicted molar refractivity (Wildman–Crippen MR) is 401 cm³/mol. The lowest BCUT2D eigenvalue weighted by atomic mass is 9.86. The molecule has 2 amide bonds. The van der Waals surface area contributed by atoms with Crippen LogP contribution in [0.1, 0.15) is 52.8 Å². The number of hydrogen-bond acceptors (Lipinski definition) is 19. The highest BCUT2D eigenvalue weighted by atomic mass is 32.2. The molecule has 0 aromatic heterocycles. The molecule has 0 aliphatic carbocycles. The van der Waals surface area contributed by atoms with E-state index in [0.717, 1.165) is 64.0 Å². The van der Waals surface area contributed by atoms with Gasteiger partial charge in [0.05, 0.1) is 98.0 Å². The number of nitrogens with one attached hydrogen (secondary N) is 2. The third-order valence-corrected chi connectivity index (χ3v) is 20.8. The molecule has 2 saturated heterocycles. The van der Waals surface area contributed by atoms with Crippen molar-refractivity contribution in [3.63, 3.8) is 0 Å². The zero-order valence-electron chi connectivity index (χ0n) is 59.6. The number of rotatable bonds is 37. The predicted octanol–water partition coefficient (Wildman–Crippen LogP) is 12.6. The minimum absolute atomic E-state index is 0.0405. The van der Waals surface area contributed by atoms with E-state index in [0.29, 0.717) is 15.4 Å². The number of carbonyl (C=O) groups is 4. The number of benzene rings is 9. The van der Waals surface area contributed by atoms with Crippen molar-refractivity contribution >= 4 is 47.3 Å². The number of thioether (sulfide) groups is 2. The summed E-state index contributed by atoms with van der Waals surface area (Å²) in [7, 11) is 2.34. The summed E-state index contributed by atoms with van der Waals surface area (Å²) in [6.45, 7) is 1.80. The van der Waals surface area contributed by atoms with Crippen LogP contribution >= 0.6 is 23.5 Å². The average Bonchev–Trinajstić information content (AvgIpc) is 0.730. The van der Waals surface area contributed by atoms with E-state index in [1.54, 1.807) is 0 Å². The first-order valence-corrected chi connectivity index (χ1v) is 37.0. The number of carbonyl (C=O) groups excluding carboxylic acids is 4. The van der Waals surface area contributed by atoms with Crippen LogP contribution in [0.4, 0.5) is 0 Å². The van der Waals surface area contributed by atoms with Gasteiger partial charge in [0.2, 0.25) is 11.8 Å². The number of hydrogen-bond donors (Lipinski definition) is 3. The number of ether oxygens (including phenoxy) is 12. The lowest BCUT2D eigenvalue weighted by Crippen LogP contribution is -2.76. The Morgan fingerprint density at radius 1 is 0.396 bits per heavy atom. The smallest absolute Gasteiger partial charge is 0.367 e. The van der Waals surface area contributed by atoms with E-state index < -0.39 is 113 Å². The van der Waals surface area contributed by atoms with Crippen LogP contribution in [0.15, 0.2) is 283 Å². The Kier molecular flexibility index (Phi) is 29.2. The normalized spacial score (nSPS) is 22.5. The largest absolute Gasteiger partial charge is 0.465 e. The average molecular weight is 1480 g/mol. The molecule has 0 spiro atoms. The SMILES string of the molecule is COC(=O)[C@]1(O[C@H](COCc2ccccc2)[C@@H](OCc2ccccc2)[C@@H]2O[C@@](O)(C(=O)OC)C(Sc3ccccc3)[C@H](OCc3ccccc3)[C@H]2NC(C)=O)O[C@@H]([C@H](OCc2ccccc2)[C@@H](COCc2ccccc2)OCc2ccccc2)[C@H](NC(C)=O)[C@@H](OCc2ccccc2)C1Sc1ccccc1. The summed E-state index contributed by atoms with van der Waals surface area (Å²) in [4.78, 5) is 61.8.